The second kappa shape index (κ2) is 22.0. The van der Waals surface area contributed by atoms with Gasteiger partial charge in [-0.1, -0.05) is 37.8 Å². The van der Waals surface area contributed by atoms with Gasteiger partial charge in [-0.2, -0.15) is 13.2 Å². The number of imidazole rings is 2. The summed E-state index contributed by atoms with van der Waals surface area (Å²) in [5, 5.41) is 17.9. The smallest absolute Gasteiger partial charge is 0.378 e. The Morgan fingerprint density at radius 3 is 2.35 bits per heavy atom. The van der Waals surface area contributed by atoms with E-state index in [1.54, 1.807) is 47.0 Å². The molecule has 1 aliphatic carbocycles. The number of fused-ring (bicyclic) bond motifs is 2. The number of amides is 3. The maximum atomic E-state index is 14.6. The average Bonchev–Trinajstić information content (AvgIpc) is 4.05. The van der Waals surface area contributed by atoms with E-state index in [1.165, 1.54) is 53.7 Å². The van der Waals surface area contributed by atoms with Crippen LogP contribution >= 0.6 is 0 Å². The van der Waals surface area contributed by atoms with Crippen LogP contribution in [0.2, 0.25) is 0 Å². The molecule has 0 bridgehead atoms. The van der Waals surface area contributed by atoms with Crippen LogP contribution in [0, 0.1) is 16.7 Å². The van der Waals surface area contributed by atoms with Crippen LogP contribution in [0.3, 0.4) is 0 Å². The van der Waals surface area contributed by atoms with E-state index in [-0.39, 0.29) is 47.4 Å². The lowest BCUT2D eigenvalue weighted by Crippen LogP contribution is -2.52. The van der Waals surface area contributed by atoms with Crippen molar-refractivity contribution >= 4 is 41.1 Å². The highest BCUT2D eigenvalue weighted by Crippen LogP contribution is 2.36. The number of nitrogens with zero attached hydrogens (tertiary/aromatic N) is 9. The van der Waals surface area contributed by atoms with Gasteiger partial charge in [-0.15, -0.1) is 0 Å². The first kappa shape index (κ1) is 50.3. The van der Waals surface area contributed by atoms with Crippen molar-refractivity contribution in [3.8, 4) is 17.1 Å². The van der Waals surface area contributed by atoms with Gasteiger partial charge in [0.15, 0.2) is 0 Å². The van der Waals surface area contributed by atoms with Crippen LogP contribution in [0.4, 0.5) is 18.9 Å². The second-order valence-electron chi connectivity index (χ2n) is 19.5. The molecule has 3 amide bonds. The highest BCUT2D eigenvalue weighted by atomic mass is 19.4. The number of carbonyl (C=O) groups excluding carboxylic acids is 3. The Bertz CT molecular complexity index is 2850. The lowest BCUT2D eigenvalue weighted by atomic mass is 9.96. The monoisotopic (exact) mass is 992 g/mol. The number of likely N-dealkylation sites (N-methyl/N-ethyl adjacent to an activating group) is 1. The molecule has 382 valence electrons. The number of alkyl halides is 3. The van der Waals surface area contributed by atoms with E-state index >= 15 is 0 Å². The minimum absolute atomic E-state index is 0.135. The van der Waals surface area contributed by atoms with Gasteiger partial charge < -0.3 is 28.9 Å². The number of anilines is 1. The Morgan fingerprint density at radius 1 is 0.889 bits per heavy atom. The Balaban J connectivity index is 0.00000152. The molecular formula is C52H63F3N12O5. The fraction of sp³-hybridized carbons (Fsp3) is 0.481. The lowest BCUT2D eigenvalue weighted by molar-refractivity contribution is -0.137. The van der Waals surface area contributed by atoms with E-state index in [4.69, 9.17) is 15.6 Å². The third-order valence-corrected chi connectivity index (χ3v) is 14.7. The molecule has 0 radical (unpaired) electrons. The summed E-state index contributed by atoms with van der Waals surface area (Å²) in [6.45, 7) is 9.01. The third kappa shape index (κ3) is 11.3. The molecular weight excluding hydrogens is 930 g/mol. The summed E-state index contributed by atoms with van der Waals surface area (Å²) in [6.07, 6.45) is 10.9. The van der Waals surface area contributed by atoms with Crippen molar-refractivity contribution in [1.29, 1.82) is 10.8 Å². The van der Waals surface area contributed by atoms with Gasteiger partial charge in [0.1, 0.15) is 17.7 Å². The highest BCUT2D eigenvalue weighted by Gasteiger charge is 2.40. The van der Waals surface area contributed by atoms with Crippen molar-refractivity contribution in [3.63, 3.8) is 0 Å². The summed E-state index contributed by atoms with van der Waals surface area (Å²) in [7, 11) is 1.57. The molecule has 1 saturated carbocycles. The molecule has 1 atom stereocenters. The van der Waals surface area contributed by atoms with Crippen LogP contribution in [-0.4, -0.2) is 147 Å². The first-order valence-electron chi connectivity index (χ1n) is 25.1. The average molecular weight is 993 g/mol. The topological polar surface area (TPSA) is 181 Å². The van der Waals surface area contributed by atoms with Gasteiger partial charge in [-0.25, -0.2) is 9.78 Å². The van der Waals surface area contributed by atoms with Gasteiger partial charge in [0.05, 0.1) is 36.3 Å². The van der Waals surface area contributed by atoms with Crippen LogP contribution in [-0.2, 0) is 40.0 Å². The maximum absolute atomic E-state index is 14.6. The number of halogens is 3. The number of pyridine rings is 1. The van der Waals surface area contributed by atoms with Crippen LogP contribution in [0.25, 0.3) is 22.6 Å². The lowest BCUT2D eigenvalue weighted by Gasteiger charge is -2.39. The molecule has 0 spiro atoms. The zero-order valence-corrected chi connectivity index (χ0v) is 40.7. The predicted octanol–water partition coefficient (Wildman–Crippen LogP) is 5.90. The summed E-state index contributed by atoms with van der Waals surface area (Å²) in [4.78, 5) is 65.6. The van der Waals surface area contributed by atoms with Gasteiger partial charge >= 0.3 is 11.9 Å². The highest BCUT2D eigenvalue weighted by molar-refractivity contribution is 6.05. The number of piperazine rings is 1. The Labute approximate surface area is 416 Å². The number of carbonyl (C=O) groups is 3. The van der Waals surface area contributed by atoms with E-state index in [2.05, 4.69) is 31.1 Å². The summed E-state index contributed by atoms with van der Waals surface area (Å²) < 4.78 is 53.7. The molecule has 4 aliphatic heterocycles. The maximum Gasteiger partial charge on any atom is 0.418 e. The van der Waals surface area contributed by atoms with Crippen molar-refractivity contribution in [1.82, 2.24) is 43.4 Å². The quantitative estimate of drug-likeness (QED) is 0.0495. The number of hydrogen-bond acceptors (Lipinski definition) is 11. The van der Waals surface area contributed by atoms with Crippen LogP contribution in [0.1, 0.15) is 78.4 Å². The number of likely N-dealkylation sites (tertiary alicyclic amines) is 1. The number of piperidine rings is 2. The Hall–Kier alpha value is -6.64. The number of ether oxygens (including phenoxy) is 1. The van der Waals surface area contributed by atoms with Crippen molar-refractivity contribution in [3.05, 3.63) is 106 Å². The molecule has 7 heterocycles. The summed E-state index contributed by atoms with van der Waals surface area (Å²) >= 11 is 0. The van der Waals surface area contributed by atoms with Crippen molar-refractivity contribution in [2.24, 2.45) is 5.92 Å². The first-order chi connectivity index (χ1) is 34.7. The molecule has 72 heavy (non-hydrogen) atoms. The Morgan fingerprint density at radius 2 is 1.64 bits per heavy atom. The predicted molar refractivity (Wildman–Crippen MR) is 267 cm³/mol. The molecule has 3 saturated heterocycles. The normalized spacial score (nSPS) is 18.9. The molecule has 5 aliphatic rings. The fourth-order valence-corrected chi connectivity index (χ4v) is 10.1. The molecule has 4 fully saturated rings. The Kier molecular flexibility index (Phi) is 15.4. The van der Waals surface area contributed by atoms with Crippen molar-refractivity contribution < 1.29 is 32.3 Å². The van der Waals surface area contributed by atoms with Gasteiger partial charge in [-0.3, -0.25) is 44.4 Å². The standard InChI is InChI=1S/C48H55F3N12O5.C4H8/c1-56(31-52)42(53)24-33-3-2-4-37(23-33)61-30-41-39(48(49,50)51)26-35(29-63(41)47(61)67)44-54-11-14-60(44)20-22-68-21-19-57-12-9-32(10-13-57)27-58-15-17-59(18-16-58)36-5-6-38-34(25-36)28-62(46(38)66)40-7-8-43(64)55-45(40)65;1-2-4-3-1/h2-6,11,14,23,25-26,29-32,40,52-53H,7-10,12-13,15-22,24,27-28H2,1H3,(H,55,64,65);1-4H2. The van der Waals surface area contributed by atoms with E-state index in [0.717, 1.165) is 93.3 Å². The van der Waals surface area contributed by atoms with Crippen molar-refractivity contribution in [2.75, 3.05) is 77.5 Å². The number of nitrogens with one attached hydrogen (secondary N) is 3. The SMILES string of the molecule is C1CCC1.CN(C=N)C(=N)Cc1cccc(-n2cc3c(C(F)(F)F)cc(-c4nccn4CCOCCN4CCC(CN5CCN(c6ccc7c(c6)CN(C6CCC(=O)NC6=O)C7=O)CC5)CC4)cn3c2=O)c1. The van der Waals surface area contributed by atoms with Crippen LogP contribution in [0.5, 0.6) is 0 Å². The molecule has 10 rings (SSSR count). The van der Waals surface area contributed by atoms with Gasteiger partial charge in [0, 0.05) is 114 Å². The van der Waals surface area contributed by atoms with Gasteiger partial charge in [-0.05, 0) is 85.8 Å². The van der Waals surface area contributed by atoms with Crippen LogP contribution < -0.4 is 15.9 Å². The molecule has 20 heteroatoms. The third-order valence-electron chi connectivity index (χ3n) is 14.7. The van der Waals surface area contributed by atoms with E-state index in [0.29, 0.717) is 55.5 Å². The number of rotatable bonds is 15. The summed E-state index contributed by atoms with van der Waals surface area (Å²) in [5.41, 5.74) is 1.81. The number of hydrogen-bond donors (Lipinski definition) is 3. The molecule has 1 unspecified atom stereocenters. The first-order valence-corrected chi connectivity index (χ1v) is 25.1. The van der Waals surface area contributed by atoms with E-state index in [1.807, 2.05) is 12.1 Å². The molecule has 3 N–H and O–H groups in total. The number of aromatic nitrogens is 4. The molecule has 2 aromatic carbocycles. The van der Waals surface area contributed by atoms with Crippen molar-refractivity contribution in [2.45, 2.75) is 83.1 Å². The second-order valence-corrected chi connectivity index (χ2v) is 19.5. The molecule has 3 aromatic heterocycles. The summed E-state index contributed by atoms with van der Waals surface area (Å²) in [6, 6.07) is 13.0. The zero-order chi connectivity index (χ0) is 50.5. The zero-order valence-electron chi connectivity index (χ0n) is 40.7. The minimum Gasteiger partial charge on any atom is -0.378 e. The fourth-order valence-electron chi connectivity index (χ4n) is 10.1. The van der Waals surface area contributed by atoms with Gasteiger partial charge in [0.2, 0.25) is 11.8 Å². The van der Waals surface area contributed by atoms with E-state index < -0.39 is 29.4 Å². The largest absolute Gasteiger partial charge is 0.418 e. The number of imide groups is 1. The van der Waals surface area contributed by atoms with E-state index in [9.17, 15) is 32.3 Å². The number of amidine groups is 1. The molecule has 5 aromatic rings. The summed E-state index contributed by atoms with van der Waals surface area (Å²) in [5.74, 6) is 0.165. The molecule has 17 nitrogen and oxygen atoms in total. The van der Waals surface area contributed by atoms with Gasteiger partial charge in [0.25, 0.3) is 5.91 Å². The minimum atomic E-state index is -4.76. The van der Waals surface area contributed by atoms with Crippen LogP contribution in [0.15, 0.2) is 78.1 Å². The number of benzene rings is 2.